The third-order valence-electron chi connectivity index (χ3n) is 6.09. The van der Waals surface area contributed by atoms with E-state index in [0.717, 1.165) is 44.3 Å². The van der Waals surface area contributed by atoms with Gasteiger partial charge in [-0.2, -0.15) is 0 Å². The van der Waals surface area contributed by atoms with Crippen LogP contribution in [0.25, 0.3) is 0 Å². The summed E-state index contributed by atoms with van der Waals surface area (Å²) in [4.78, 5) is 16.6. The van der Waals surface area contributed by atoms with Gasteiger partial charge in [-0.3, -0.25) is 9.78 Å². The number of hydrogen-bond acceptors (Lipinski definition) is 4. The number of amides is 1. The second-order valence-electron chi connectivity index (χ2n) is 7.73. The number of nitrogens with zero attached hydrogens (tertiary/aromatic N) is 1. The Kier molecular flexibility index (Phi) is 7.06. The summed E-state index contributed by atoms with van der Waals surface area (Å²) in [5.74, 6) is 0.623. The predicted octanol–water partition coefficient (Wildman–Crippen LogP) is 3.42. The summed E-state index contributed by atoms with van der Waals surface area (Å²) in [6.45, 7) is 2.08. The minimum absolute atomic E-state index is 0.0616. The first kappa shape index (κ1) is 20.5. The molecule has 1 aromatic rings. The summed E-state index contributed by atoms with van der Waals surface area (Å²) >= 11 is 6.17. The molecule has 0 spiro atoms. The number of halogens is 2. The van der Waals surface area contributed by atoms with Crippen molar-refractivity contribution in [1.29, 1.82) is 0 Å². The van der Waals surface area contributed by atoms with Crippen molar-refractivity contribution in [1.82, 2.24) is 15.6 Å². The van der Waals surface area contributed by atoms with Crippen molar-refractivity contribution in [3.8, 4) is 0 Å². The topological polar surface area (TPSA) is 63.2 Å². The zero-order chi connectivity index (χ0) is 19.3. The first-order valence-corrected chi connectivity index (χ1v) is 10.3. The zero-order valence-electron chi connectivity index (χ0n) is 15.9. The molecule has 2 aliphatic rings. The average molecular weight is 398 g/mol. The Morgan fingerprint density at radius 2 is 2.04 bits per heavy atom. The lowest BCUT2D eigenvalue weighted by Gasteiger charge is -2.37. The number of pyridine rings is 1. The molecule has 1 aromatic heterocycles. The standard InChI is InChI=1S/C20H29ClFN3O2/c1-23-19(26)20(7-10-27-11-8-20)25-9-6-14-2-4-15(5-3-14)18-17(21)12-16(22)13-24-18/h12-15,25H,2-11H2,1H3,(H,23,26)/t14-,15+. The summed E-state index contributed by atoms with van der Waals surface area (Å²) in [7, 11) is 1.69. The molecule has 1 amide bonds. The van der Waals surface area contributed by atoms with Gasteiger partial charge in [0.25, 0.3) is 0 Å². The highest BCUT2D eigenvalue weighted by molar-refractivity contribution is 6.31. The van der Waals surface area contributed by atoms with E-state index in [2.05, 4.69) is 15.6 Å². The number of carbonyl (C=O) groups is 1. The maximum atomic E-state index is 13.2. The van der Waals surface area contributed by atoms with Crippen molar-refractivity contribution in [2.45, 2.75) is 56.4 Å². The van der Waals surface area contributed by atoms with Crippen LogP contribution in [-0.4, -0.2) is 43.2 Å². The van der Waals surface area contributed by atoms with E-state index in [9.17, 15) is 9.18 Å². The van der Waals surface area contributed by atoms with E-state index in [1.54, 1.807) is 7.05 Å². The van der Waals surface area contributed by atoms with Gasteiger partial charge in [-0.15, -0.1) is 0 Å². The van der Waals surface area contributed by atoms with Gasteiger partial charge in [0.2, 0.25) is 5.91 Å². The van der Waals surface area contributed by atoms with Crippen molar-refractivity contribution in [2.24, 2.45) is 5.92 Å². The van der Waals surface area contributed by atoms with Gasteiger partial charge in [-0.05, 0) is 63.5 Å². The second kappa shape index (κ2) is 9.30. The third-order valence-corrected chi connectivity index (χ3v) is 6.40. The quantitative estimate of drug-likeness (QED) is 0.772. The summed E-state index contributed by atoms with van der Waals surface area (Å²) in [5.41, 5.74) is 0.339. The molecule has 0 aromatic carbocycles. The van der Waals surface area contributed by atoms with Crippen molar-refractivity contribution in [3.05, 3.63) is 28.8 Å². The van der Waals surface area contributed by atoms with Crippen molar-refractivity contribution in [3.63, 3.8) is 0 Å². The average Bonchev–Trinajstić information content (AvgIpc) is 2.69. The zero-order valence-corrected chi connectivity index (χ0v) is 16.7. The molecule has 1 aliphatic heterocycles. The number of nitrogens with one attached hydrogen (secondary N) is 2. The lowest BCUT2D eigenvalue weighted by Crippen LogP contribution is -2.59. The van der Waals surface area contributed by atoms with Crippen LogP contribution in [-0.2, 0) is 9.53 Å². The first-order chi connectivity index (χ1) is 13.0. The van der Waals surface area contributed by atoms with Gasteiger partial charge in [0.1, 0.15) is 11.4 Å². The molecule has 1 saturated heterocycles. The molecular weight excluding hydrogens is 369 g/mol. The number of carbonyl (C=O) groups excluding carboxylic acids is 1. The van der Waals surface area contributed by atoms with Crippen LogP contribution in [0.3, 0.4) is 0 Å². The Morgan fingerprint density at radius 3 is 2.67 bits per heavy atom. The molecule has 27 heavy (non-hydrogen) atoms. The van der Waals surface area contributed by atoms with Gasteiger partial charge in [0.15, 0.2) is 0 Å². The normalized spacial score (nSPS) is 25.1. The van der Waals surface area contributed by atoms with E-state index < -0.39 is 5.54 Å². The second-order valence-corrected chi connectivity index (χ2v) is 8.13. The van der Waals surface area contributed by atoms with Crippen molar-refractivity contribution in [2.75, 3.05) is 26.8 Å². The monoisotopic (exact) mass is 397 g/mol. The lowest BCUT2D eigenvalue weighted by molar-refractivity contribution is -0.131. The molecule has 2 fully saturated rings. The van der Waals surface area contributed by atoms with Gasteiger partial charge in [0, 0.05) is 26.2 Å². The highest BCUT2D eigenvalue weighted by atomic mass is 35.5. The Hall–Kier alpha value is -1.24. The van der Waals surface area contributed by atoms with Crippen LogP contribution in [0.1, 0.15) is 56.6 Å². The molecule has 1 saturated carbocycles. The van der Waals surface area contributed by atoms with Gasteiger partial charge in [-0.25, -0.2) is 4.39 Å². The Morgan fingerprint density at radius 1 is 1.33 bits per heavy atom. The smallest absolute Gasteiger partial charge is 0.240 e. The molecule has 150 valence electrons. The van der Waals surface area contributed by atoms with Crippen LogP contribution in [0.15, 0.2) is 12.3 Å². The van der Waals surface area contributed by atoms with Crippen LogP contribution in [0, 0.1) is 11.7 Å². The fraction of sp³-hybridized carbons (Fsp3) is 0.700. The van der Waals surface area contributed by atoms with Crippen LogP contribution >= 0.6 is 11.6 Å². The van der Waals surface area contributed by atoms with E-state index in [1.165, 1.54) is 12.3 Å². The number of hydrogen-bond donors (Lipinski definition) is 2. The summed E-state index contributed by atoms with van der Waals surface area (Å²) in [6.07, 6.45) is 8.01. The van der Waals surface area contributed by atoms with Crippen molar-refractivity contribution < 1.29 is 13.9 Å². The Labute approximate surface area is 165 Å². The molecule has 0 unspecified atom stereocenters. The maximum absolute atomic E-state index is 13.2. The fourth-order valence-corrected chi connectivity index (χ4v) is 4.72. The Balaban J connectivity index is 1.47. The summed E-state index contributed by atoms with van der Waals surface area (Å²) in [5, 5.41) is 6.76. The fourth-order valence-electron chi connectivity index (χ4n) is 4.41. The van der Waals surface area contributed by atoms with E-state index in [0.29, 0.717) is 42.9 Å². The predicted molar refractivity (Wildman–Crippen MR) is 103 cm³/mol. The van der Waals surface area contributed by atoms with Gasteiger partial charge >= 0.3 is 0 Å². The SMILES string of the molecule is CNC(=O)C1(NCC[C@H]2CC[C@@H](c3ncc(F)cc3Cl)CC2)CCOCC1. The Bertz CT molecular complexity index is 644. The third kappa shape index (κ3) is 4.98. The minimum Gasteiger partial charge on any atom is -0.381 e. The highest BCUT2D eigenvalue weighted by Crippen LogP contribution is 2.38. The number of aromatic nitrogens is 1. The molecule has 0 bridgehead atoms. The van der Waals surface area contributed by atoms with E-state index in [-0.39, 0.29) is 11.7 Å². The van der Waals surface area contributed by atoms with Crippen LogP contribution in [0.2, 0.25) is 5.02 Å². The largest absolute Gasteiger partial charge is 0.381 e. The minimum atomic E-state index is -0.490. The van der Waals surface area contributed by atoms with Gasteiger partial charge in [0.05, 0.1) is 16.9 Å². The maximum Gasteiger partial charge on any atom is 0.240 e. The number of ether oxygens (including phenoxy) is 1. The van der Waals surface area contributed by atoms with E-state index in [4.69, 9.17) is 16.3 Å². The molecule has 3 rings (SSSR count). The lowest BCUT2D eigenvalue weighted by atomic mass is 9.79. The molecule has 2 N–H and O–H groups in total. The number of rotatable bonds is 6. The van der Waals surface area contributed by atoms with Crippen LogP contribution in [0.5, 0.6) is 0 Å². The first-order valence-electron chi connectivity index (χ1n) is 9.90. The van der Waals surface area contributed by atoms with Crippen LogP contribution < -0.4 is 10.6 Å². The van der Waals surface area contributed by atoms with Gasteiger partial charge < -0.3 is 15.4 Å². The molecule has 5 nitrogen and oxygen atoms in total. The summed E-state index contributed by atoms with van der Waals surface area (Å²) < 4.78 is 18.6. The van der Waals surface area contributed by atoms with Gasteiger partial charge in [-0.1, -0.05) is 11.6 Å². The number of likely N-dealkylation sites (N-methyl/N-ethyl adjacent to an activating group) is 1. The highest BCUT2D eigenvalue weighted by Gasteiger charge is 2.39. The molecular formula is C20H29ClFN3O2. The van der Waals surface area contributed by atoms with E-state index >= 15 is 0 Å². The molecule has 2 heterocycles. The molecule has 0 radical (unpaired) electrons. The van der Waals surface area contributed by atoms with Crippen LogP contribution in [0.4, 0.5) is 4.39 Å². The molecule has 1 aliphatic carbocycles. The van der Waals surface area contributed by atoms with E-state index in [1.807, 2.05) is 0 Å². The molecule has 0 atom stereocenters. The van der Waals surface area contributed by atoms with Crippen molar-refractivity contribution >= 4 is 17.5 Å². The molecule has 7 heteroatoms. The summed E-state index contributed by atoms with van der Waals surface area (Å²) in [6, 6.07) is 1.35.